The van der Waals surface area contributed by atoms with Gasteiger partial charge in [0.1, 0.15) is 11.6 Å². The Hall–Kier alpha value is -2.68. The van der Waals surface area contributed by atoms with Gasteiger partial charge < -0.3 is 14.6 Å². The highest BCUT2D eigenvalue weighted by Gasteiger charge is 2.34. The summed E-state index contributed by atoms with van der Waals surface area (Å²) >= 11 is 1.49. The molecule has 152 valence electrons. The van der Waals surface area contributed by atoms with Crippen LogP contribution in [-0.4, -0.2) is 32.2 Å². The maximum Gasteiger partial charge on any atom is 0.233 e. The number of aromatic nitrogens is 4. The number of carbonyl (C=O) groups excluding carboxylic acids is 1. The highest BCUT2D eigenvalue weighted by atomic mass is 32.1. The van der Waals surface area contributed by atoms with Gasteiger partial charge in [-0.3, -0.25) is 9.89 Å². The zero-order valence-corrected chi connectivity index (χ0v) is 17.0. The first-order valence-corrected chi connectivity index (χ1v) is 10.8. The molecular weight excluding hydrogens is 390 g/mol. The van der Waals surface area contributed by atoms with E-state index in [0.29, 0.717) is 35.9 Å². The second-order valence-corrected chi connectivity index (χ2v) is 8.69. The van der Waals surface area contributed by atoms with Crippen molar-refractivity contribution in [3.05, 3.63) is 40.2 Å². The van der Waals surface area contributed by atoms with E-state index in [-0.39, 0.29) is 12.3 Å². The second-order valence-electron chi connectivity index (χ2n) is 8.06. The molecule has 5 rings (SSSR count). The van der Waals surface area contributed by atoms with E-state index in [0.717, 1.165) is 30.1 Å². The molecule has 2 N–H and O–H groups in total. The van der Waals surface area contributed by atoms with E-state index in [1.54, 1.807) is 6.07 Å². The molecule has 2 saturated carbocycles. The van der Waals surface area contributed by atoms with Crippen LogP contribution >= 0.6 is 11.5 Å². The summed E-state index contributed by atoms with van der Waals surface area (Å²) in [5.41, 5.74) is 3.04. The number of aryl methyl sites for hydroxylation is 1. The molecule has 9 heteroatoms. The molecule has 0 bridgehead atoms. The van der Waals surface area contributed by atoms with Crippen LogP contribution in [0.3, 0.4) is 0 Å². The summed E-state index contributed by atoms with van der Waals surface area (Å²) in [5.74, 6) is 3.44. The maximum atomic E-state index is 12.1. The van der Waals surface area contributed by atoms with Crippen LogP contribution in [0.25, 0.3) is 0 Å². The molecule has 0 unspecified atom stereocenters. The topological polar surface area (TPSA) is 106 Å². The van der Waals surface area contributed by atoms with Crippen molar-refractivity contribution in [3.8, 4) is 5.88 Å². The number of nitrogens with zero attached hydrogens (tertiary/aromatic N) is 3. The van der Waals surface area contributed by atoms with Crippen molar-refractivity contribution in [2.24, 2.45) is 5.92 Å². The highest BCUT2D eigenvalue weighted by molar-refractivity contribution is 7.03. The van der Waals surface area contributed by atoms with Crippen LogP contribution < -0.4 is 10.1 Å². The van der Waals surface area contributed by atoms with Crippen molar-refractivity contribution in [2.75, 3.05) is 11.9 Å². The number of hydrogen-bond acceptors (Lipinski definition) is 7. The monoisotopic (exact) mass is 413 g/mol. The summed E-state index contributed by atoms with van der Waals surface area (Å²) in [5, 5.41) is 16.0. The zero-order valence-electron chi connectivity index (χ0n) is 16.2. The Balaban J connectivity index is 1.08. The predicted octanol–water partition coefficient (Wildman–Crippen LogP) is 3.79. The first-order valence-electron chi connectivity index (χ1n) is 9.98. The summed E-state index contributed by atoms with van der Waals surface area (Å²) in [4.78, 5) is 12.1. The number of ether oxygens (including phenoxy) is 1. The first-order chi connectivity index (χ1) is 14.1. The summed E-state index contributed by atoms with van der Waals surface area (Å²) < 4.78 is 15.5. The number of anilines is 1. The van der Waals surface area contributed by atoms with Crippen LogP contribution in [0.2, 0.25) is 0 Å². The predicted molar refractivity (Wildman–Crippen MR) is 107 cm³/mol. The lowest BCUT2D eigenvalue weighted by atomic mass is 9.74. The van der Waals surface area contributed by atoms with Crippen LogP contribution in [0.4, 0.5) is 5.82 Å². The van der Waals surface area contributed by atoms with Gasteiger partial charge in [-0.15, -0.1) is 0 Å². The Labute approximate surface area is 172 Å². The number of nitrogens with one attached hydrogen (secondary N) is 2. The summed E-state index contributed by atoms with van der Waals surface area (Å²) in [6.07, 6.45) is 4.75. The third-order valence-electron chi connectivity index (χ3n) is 5.57. The number of rotatable bonds is 8. The van der Waals surface area contributed by atoms with Gasteiger partial charge in [0, 0.05) is 29.0 Å². The van der Waals surface area contributed by atoms with E-state index in [4.69, 9.17) is 9.26 Å². The molecule has 3 aromatic rings. The smallest absolute Gasteiger partial charge is 0.233 e. The molecule has 29 heavy (non-hydrogen) atoms. The van der Waals surface area contributed by atoms with Gasteiger partial charge in [0.25, 0.3) is 0 Å². The van der Waals surface area contributed by atoms with Gasteiger partial charge in [-0.25, -0.2) is 0 Å². The third-order valence-corrected chi connectivity index (χ3v) is 6.20. The Morgan fingerprint density at radius 2 is 2.21 bits per heavy atom. The lowest BCUT2D eigenvalue weighted by molar-refractivity contribution is -0.115. The standard InChI is InChI=1S/C20H23N5O3S/c1-11-4-15(28-24-11)7-19(26)21-18-8-17(22-23-18)14-5-12(6-14)9-27-20-16(10-29-25-20)13-2-3-13/h4,8,10,12-14H,2-3,5-7,9H2,1H3,(H2,21,22,23,26)/t12-,14-. The van der Waals surface area contributed by atoms with Gasteiger partial charge in [-0.05, 0) is 56.0 Å². The second kappa shape index (κ2) is 7.62. The summed E-state index contributed by atoms with van der Waals surface area (Å²) in [6.45, 7) is 2.54. The molecular formula is C20H23N5O3S. The summed E-state index contributed by atoms with van der Waals surface area (Å²) in [7, 11) is 0. The lowest BCUT2D eigenvalue weighted by Gasteiger charge is -2.33. The molecule has 2 aliphatic rings. The molecule has 0 spiro atoms. The number of aromatic amines is 1. The van der Waals surface area contributed by atoms with Crippen molar-refractivity contribution in [1.82, 2.24) is 19.7 Å². The van der Waals surface area contributed by atoms with E-state index in [1.807, 2.05) is 13.0 Å². The Morgan fingerprint density at radius 1 is 1.34 bits per heavy atom. The molecule has 8 nitrogen and oxygen atoms in total. The van der Waals surface area contributed by atoms with Gasteiger partial charge in [0.05, 0.1) is 24.4 Å². The summed E-state index contributed by atoms with van der Waals surface area (Å²) in [6, 6.07) is 3.67. The quantitative estimate of drug-likeness (QED) is 0.582. The number of H-pyrrole nitrogens is 1. The number of carbonyl (C=O) groups is 1. The van der Waals surface area contributed by atoms with Crippen molar-refractivity contribution >= 4 is 23.3 Å². The molecule has 3 heterocycles. The molecule has 2 aliphatic carbocycles. The minimum Gasteiger partial charge on any atom is -0.477 e. The van der Waals surface area contributed by atoms with Crippen LogP contribution in [0.5, 0.6) is 5.88 Å². The van der Waals surface area contributed by atoms with E-state index >= 15 is 0 Å². The normalized spacial score (nSPS) is 21.0. The van der Waals surface area contributed by atoms with Gasteiger partial charge in [0.15, 0.2) is 0 Å². The lowest BCUT2D eigenvalue weighted by Crippen LogP contribution is -2.27. The molecule has 1 amide bonds. The van der Waals surface area contributed by atoms with Gasteiger partial charge >= 0.3 is 0 Å². The Morgan fingerprint density at radius 3 is 2.97 bits per heavy atom. The van der Waals surface area contributed by atoms with Gasteiger partial charge in [-0.2, -0.15) is 9.47 Å². The number of amides is 1. The average molecular weight is 414 g/mol. The minimum absolute atomic E-state index is 0.150. The molecule has 0 radical (unpaired) electrons. The molecule has 3 aromatic heterocycles. The molecule has 2 fully saturated rings. The van der Waals surface area contributed by atoms with Crippen molar-refractivity contribution in [1.29, 1.82) is 0 Å². The molecule has 0 aromatic carbocycles. The number of hydrogen-bond donors (Lipinski definition) is 2. The van der Waals surface area contributed by atoms with Crippen LogP contribution in [-0.2, 0) is 11.2 Å². The molecule has 0 aliphatic heterocycles. The van der Waals surface area contributed by atoms with Crippen molar-refractivity contribution < 1.29 is 14.1 Å². The van der Waals surface area contributed by atoms with E-state index in [2.05, 4.69) is 30.4 Å². The largest absolute Gasteiger partial charge is 0.477 e. The van der Waals surface area contributed by atoms with Gasteiger partial charge in [0.2, 0.25) is 11.8 Å². The maximum absolute atomic E-state index is 12.1. The van der Waals surface area contributed by atoms with E-state index < -0.39 is 0 Å². The average Bonchev–Trinajstić information content (AvgIpc) is 3.02. The van der Waals surface area contributed by atoms with Gasteiger partial charge in [-0.1, -0.05) is 5.16 Å². The van der Waals surface area contributed by atoms with E-state index in [9.17, 15) is 4.79 Å². The zero-order chi connectivity index (χ0) is 19.8. The van der Waals surface area contributed by atoms with Crippen molar-refractivity contribution in [3.63, 3.8) is 0 Å². The SMILES string of the molecule is Cc1cc(CC(=O)Nc2cc([C@H]3C[C@H](COc4nscc4C4CC4)C3)n[nH]2)on1. The fraction of sp³-hybridized carbons (Fsp3) is 0.500. The fourth-order valence-corrected chi connectivity index (χ4v) is 4.50. The molecule has 0 atom stereocenters. The highest BCUT2D eigenvalue weighted by Crippen LogP contribution is 2.46. The fourth-order valence-electron chi connectivity index (χ4n) is 3.78. The van der Waals surface area contributed by atoms with E-state index in [1.165, 1.54) is 29.9 Å². The van der Waals surface area contributed by atoms with Crippen LogP contribution in [0, 0.1) is 12.8 Å². The Kier molecular flexibility index (Phi) is 4.83. The van der Waals surface area contributed by atoms with Crippen LogP contribution in [0.1, 0.15) is 60.2 Å². The Bertz CT molecular complexity index is 999. The van der Waals surface area contributed by atoms with Crippen LogP contribution in [0.15, 0.2) is 22.0 Å². The minimum atomic E-state index is -0.161. The van der Waals surface area contributed by atoms with Crippen molar-refractivity contribution in [2.45, 2.75) is 50.9 Å². The first kappa shape index (κ1) is 18.4. The third kappa shape index (κ3) is 4.19. The molecule has 0 saturated heterocycles.